The predicted molar refractivity (Wildman–Crippen MR) is 102 cm³/mol. The molecule has 4 heterocycles. The van der Waals surface area contributed by atoms with E-state index in [1.807, 2.05) is 29.8 Å². The molecule has 0 spiro atoms. The first kappa shape index (κ1) is 18.5. The van der Waals surface area contributed by atoms with Crippen molar-refractivity contribution >= 4 is 11.8 Å². The van der Waals surface area contributed by atoms with Crippen molar-refractivity contribution in [3.05, 3.63) is 17.5 Å². The van der Waals surface area contributed by atoms with E-state index in [1.165, 1.54) is 0 Å². The summed E-state index contributed by atoms with van der Waals surface area (Å²) in [4.78, 5) is 32.9. The highest BCUT2D eigenvalue weighted by Crippen LogP contribution is 2.45. The number of carbonyl (C=O) groups is 2. The van der Waals surface area contributed by atoms with Gasteiger partial charge in [0, 0.05) is 64.0 Å². The van der Waals surface area contributed by atoms with Gasteiger partial charge in [0.1, 0.15) is 0 Å². The van der Waals surface area contributed by atoms with Gasteiger partial charge in [-0.3, -0.25) is 19.2 Å². The molecule has 27 heavy (non-hydrogen) atoms. The van der Waals surface area contributed by atoms with Crippen LogP contribution >= 0.6 is 0 Å². The Morgan fingerprint density at radius 3 is 2.44 bits per heavy atom. The summed E-state index contributed by atoms with van der Waals surface area (Å²) in [6, 6.07) is 2.26. The Labute approximate surface area is 161 Å². The normalized spacial score (nSPS) is 28.4. The van der Waals surface area contributed by atoms with Crippen LogP contribution in [0.15, 0.2) is 6.07 Å². The molecular formula is C20H31N5O2. The summed E-state index contributed by atoms with van der Waals surface area (Å²) in [7, 11) is 1.85. The lowest BCUT2D eigenvalue weighted by Gasteiger charge is -2.33. The third-order valence-corrected chi connectivity index (χ3v) is 6.81. The monoisotopic (exact) mass is 373 g/mol. The maximum Gasteiger partial charge on any atom is 0.274 e. The van der Waals surface area contributed by atoms with Gasteiger partial charge < -0.3 is 9.80 Å². The first-order valence-corrected chi connectivity index (χ1v) is 10.1. The zero-order valence-corrected chi connectivity index (χ0v) is 16.9. The SMILES string of the molecule is Cc1cc(C(=O)N2C[C@@H]3CN(C(C)C)C[C@]3(C(=O)N3CCCC3)C2)nn1C. The highest BCUT2D eigenvalue weighted by Gasteiger charge is 2.59. The standard InChI is InChI=1S/C20H31N5O2/c1-14(2)24-10-16-11-25(18(26)17-9-15(3)22(4)21-17)13-20(16,12-24)19(27)23-7-5-6-8-23/h9,14,16H,5-8,10-13H2,1-4H3/t16-,20-/m0/s1. The van der Waals surface area contributed by atoms with Crippen LogP contribution < -0.4 is 0 Å². The highest BCUT2D eigenvalue weighted by molar-refractivity contribution is 5.94. The lowest BCUT2D eigenvalue weighted by atomic mass is 9.79. The summed E-state index contributed by atoms with van der Waals surface area (Å²) >= 11 is 0. The topological polar surface area (TPSA) is 61.7 Å². The Bertz CT molecular complexity index is 732. The van der Waals surface area contributed by atoms with Gasteiger partial charge in [-0.25, -0.2) is 0 Å². The average molecular weight is 374 g/mol. The van der Waals surface area contributed by atoms with Crippen molar-refractivity contribution in [3.63, 3.8) is 0 Å². The second-order valence-electron chi connectivity index (χ2n) is 8.86. The Morgan fingerprint density at radius 1 is 1.15 bits per heavy atom. The maximum atomic E-state index is 13.5. The fraction of sp³-hybridized carbons (Fsp3) is 0.750. The van der Waals surface area contributed by atoms with E-state index in [4.69, 9.17) is 0 Å². The molecule has 7 nitrogen and oxygen atoms in total. The van der Waals surface area contributed by atoms with Crippen LogP contribution in [0, 0.1) is 18.3 Å². The molecule has 3 aliphatic heterocycles. The van der Waals surface area contributed by atoms with E-state index in [1.54, 1.807) is 4.68 Å². The number of likely N-dealkylation sites (tertiary alicyclic amines) is 3. The number of carbonyl (C=O) groups excluding carboxylic acids is 2. The van der Waals surface area contributed by atoms with Crippen LogP contribution in [-0.4, -0.2) is 81.6 Å². The number of fused-ring (bicyclic) bond motifs is 1. The van der Waals surface area contributed by atoms with Crippen molar-refractivity contribution < 1.29 is 9.59 Å². The molecule has 2 atom stereocenters. The van der Waals surface area contributed by atoms with Gasteiger partial charge in [-0.1, -0.05) is 0 Å². The zero-order valence-electron chi connectivity index (χ0n) is 16.9. The van der Waals surface area contributed by atoms with Gasteiger partial charge in [0.15, 0.2) is 5.69 Å². The van der Waals surface area contributed by atoms with Crippen LogP contribution in [0.25, 0.3) is 0 Å². The van der Waals surface area contributed by atoms with Crippen LogP contribution in [0.2, 0.25) is 0 Å². The van der Waals surface area contributed by atoms with E-state index in [2.05, 4.69) is 23.8 Å². The van der Waals surface area contributed by atoms with Gasteiger partial charge in [0.05, 0.1) is 5.41 Å². The fourth-order valence-electron chi connectivity index (χ4n) is 5.02. The summed E-state index contributed by atoms with van der Waals surface area (Å²) in [5, 5.41) is 4.36. The third-order valence-electron chi connectivity index (χ3n) is 6.81. The summed E-state index contributed by atoms with van der Waals surface area (Å²) in [6.45, 7) is 10.9. The Balaban J connectivity index is 1.59. The second-order valence-corrected chi connectivity index (χ2v) is 8.86. The highest BCUT2D eigenvalue weighted by atomic mass is 16.2. The van der Waals surface area contributed by atoms with Crippen LogP contribution in [0.5, 0.6) is 0 Å². The summed E-state index contributed by atoms with van der Waals surface area (Å²) in [5.74, 6) is 0.431. The fourth-order valence-corrected chi connectivity index (χ4v) is 5.02. The smallest absolute Gasteiger partial charge is 0.274 e. The molecule has 3 aliphatic rings. The molecule has 4 rings (SSSR count). The molecule has 0 N–H and O–H groups in total. The van der Waals surface area contributed by atoms with Crippen molar-refractivity contribution in [1.29, 1.82) is 0 Å². The minimum Gasteiger partial charge on any atom is -0.342 e. The van der Waals surface area contributed by atoms with Gasteiger partial charge in [0.2, 0.25) is 5.91 Å². The maximum absolute atomic E-state index is 13.5. The van der Waals surface area contributed by atoms with Crippen LogP contribution in [-0.2, 0) is 11.8 Å². The number of nitrogens with zero attached hydrogens (tertiary/aromatic N) is 5. The van der Waals surface area contributed by atoms with Gasteiger partial charge >= 0.3 is 0 Å². The van der Waals surface area contributed by atoms with E-state index in [0.717, 1.165) is 44.7 Å². The van der Waals surface area contributed by atoms with E-state index < -0.39 is 5.41 Å². The molecule has 1 aromatic rings. The molecule has 2 amide bonds. The van der Waals surface area contributed by atoms with Crippen molar-refractivity contribution in [2.75, 3.05) is 39.3 Å². The lowest BCUT2D eigenvalue weighted by Crippen LogP contribution is -2.49. The molecule has 3 saturated heterocycles. The Hall–Kier alpha value is -1.89. The summed E-state index contributed by atoms with van der Waals surface area (Å²) in [6.07, 6.45) is 2.19. The van der Waals surface area contributed by atoms with Crippen molar-refractivity contribution in [3.8, 4) is 0 Å². The molecule has 0 aromatic carbocycles. The van der Waals surface area contributed by atoms with Crippen molar-refractivity contribution in [2.24, 2.45) is 18.4 Å². The minimum absolute atomic E-state index is 0.0437. The van der Waals surface area contributed by atoms with Crippen LogP contribution in [0.3, 0.4) is 0 Å². The van der Waals surface area contributed by atoms with E-state index in [-0.39, 0.29) is 17.7 Å². The summed E-state index contributed by atoms with van der Waals surface area (Å²) < 4.78 is 1.73. The van der Waals surface area contributed by atoms with Crippen molar-refractivity contribution in [2.45, 2.75) is 39.7 Å². The number of aromatic nitrogens is 2. The van der Waals surface area contributed by atoms with Gasteiger partial charge in [0.25, 0.3) is 5.91 Å². The molecule has 0 saturated carbocycles. The molecule has 7 heteroatoms. The first-order chi connectivity index (χ1) is 12.8. The van der Waals surface area contributed by atoms with E-state index in [9.17, 15) is 9.59 Å². The van der Waals surface area contributed by atoms with Crippen LogP contribution in [0.4, 0.5) is 0 Å². The number of rotatable bonds is 3. The predicted octanol–water partition coefficient (Wildman–Crippen LogP) is 1.13. The molecular weight excluding hydrogens is 342 g/mol. The number of hydrogen-bond acceptors (Lipinski definition) is 4. The molecule has 3 fully saturated rings. The quantitative estimate of drug-likeness (QED) is 0.797. The first-order valence-electron chi connectivity index (χ1n) is 10.1. The molecule has 0 bridgehead atoms. The zero-order chi connectivity index (χ0) is 19.3. The third kappa shape index (κ3) is 2.96. The average Bonchev–Trinajstić information content (AvgIpc) is 3.36. The van der Waals surface area contributed by atoms with E-state index in [0.29, 0.717) is 24.8 Å². The number of hydrogen-bond donors (Lipinski definition) is 0. The Kier molecular flexibility index (Phi) is 4.53. The molecule has 0 aliphatic carbocycles. The molecule has 148 valence electrons. The lowest BCUT2D eigenvalue weighted by molar-refractivity contribution is -0.141. The van der Waals surface area contributed by atoms with Gasteiger partial charge in [-0.05, 0) is 39.7 Å². The minimum atomic E-state index is -0.450. The number of amides is 2. The largest absolute Gasteiger partial charge is 0.342 e. The van der Waals surface area contributed by atoms with E-state index >= 15 is 0 Å². The van der Waals surface area contributed by atoms with Gasteiger partial charge in [-0.15, -0.1) is 0 Å². The van der Waals surface area contributed by atoms with Crippen molar-refractivity contribution in [1.82, 2.24) is 24.5 Å². The van der Waals surface area contributed by atoms with Gasteiger partial charge in [-0.2, -0.15) is 5.10 Å². The Morgan fingerprint density at radius 2 is 1.85 bits per heavy atom. The number of aryl methyl sites for hydroxylation is 2. The molecule has 0 radical (unpaired) electrons. The van der Waals surface area contributed by atoms with Crippen LogP contribution in [0.1, 0.15) is 42.9 Å². The summed E-state index contributed by atoms with van der Waals surface area (Å²) in [5.41, 5.74) is 1.000. The molecule has 1 aromatic heterocycles. The second kappa shape index (κ2) is 6.62. The molecule has 0 unspecified atom stereocenters.